The van der Waals surface area contributed by atoms with Gasteiger partial charge in [-0.15, -0.1) is 0 Å². The number of nitrogens with zero attached hydrogens (tertiary/aromatic N) is 2. The van der Waals surface area contributed by atoms with Crippen LogP contribution in [0.25, 0.3) is 11.0 Å². The van der Waals surface area contributed by atoms with Crippen molar-refractivity contribution in [2.24, 2.45) is 0 Å². The Hall–Kier alpha value is -2.11. The summed E-state index contributed by atoms with van der Waals surface area (Å²) < 4.78 is 18.5. The summed E-state index contributed by atoms with van der Waals surface area (Å²) in [4.78, 5) is 21.4. The van der Waals surface area contributed by atoms with Crippen LogP contribution in [0.4, 0.5) is 9.18 Å². The van der Waals surface area contributed by atoms with Gasteiger partial charge in [0.15, 0.2) is 0 Å². The predicted octanol–water partition coefficient (Wildman–Crippen LogP) is 3.38. The Bertz CT molecular complexity index is 668. The number of ether oxygens (including phenoxy) is 1. The summed E-state index contributed by atoms with van der Waals surface area (Å²) in [7, 11) is 0. The number of carbonyl (C=O) groups is 1. The van der Waals surface area contributed by atoms with Gasteiger partial charge in [0.25, 0.3) is 0 Å². The fraction of sp³-hybridized carbons (Fsp3) is 0.467. The lowest BCUT2D eigenvalue weighted by atomic mass is 10.2. The Morgan fingerprint density at radius 2 is 2.33 bits per heavy atom. The third-order valence-electron chi connectivity index (χ3n) is 3.60. The molecule has 1 saturated heterocycles. The first-order valence-corrected chi connectivity index (χ1v) is 7.17. The van der Waals surface area contributed by atoms with E-state index >= 15 is 0 Å². The number of imidazole rings is 1. The predicted molar refractivity (Wildman–Crippen MR) is 76.3 cm³/mol. The highest BCUT2D eigenvalue weighted by Crippen LogP contribution is 2.32. The van der Waals surface area contributed by atoms with Crippen LogP contribution in [0.2, 0.25) is 0 Å². The molecule has 0 radical (unpaired) electrons. The second-order valence-corrected chi connectivity index (χ2v) is 5.57. The van der Waals surface area contributed by atoms with Crippen molar-refractivity contribution < 1.29 is 13.9 Å². The van der Waals surface area contributed by atoms with Crippen LogP contribution in [-0.2, 0) is 4.74 Å². The molecule has 1 aromatic heterocycles. The number of fused-ring (bicyclic) bond motifs is 1. The first-order chi connectivity index (χ1) is 10.0. The molecule has 0 saturated carbocycles. The monoisotopic (exact) mass is 291 g/mol. The summed E-state index contributed by atoms with van der Waals surface area (Å²) in [5.41, 5.74) is 1.35. The number of hydrogen-bond donors (Lipinski definition) is 1. The van der Waals surface area contributed by atoms with Crippen LogP contribution in [0.5, 0.6) is 0 Å². The molecule has 1 N–H and O–H groups in total. The fourth-order valence-electron chi connectivity index (χ4n) is 2.70. The molecule has 112 valence electrons. The number of aromatic nitrogens is 2. The van der Waals surface area contributed by atoms with E-state index in [0.717, 1.165) is 12.8 Å². The Kier molecular flexibility index (Phi) is 3.53. The Labute approximate surface area is 122 Å². The quantitative estimate of drug-likeness (QED) is 0.922. The van der Waals surface area contributed by atoms with Gasteiger partial charge in [-0.1, -0.05) is 0 Å². The minimum Gasteiger partial charge on any atom is -0.447 e. The summed E-state index contributed by atoms with van der Waals surface area (Å²) in [6.45, 7) is 4.31. The van der Waals surface area contributed by atoms with Crippen LogP contribution in [-0.4, -0.2) is 33.6 Å². The minimum atomic E-state index is -0.320. The Morgan fingerprint density at radius 3 is 3.10 bits per heavy atom. The largest absolute Gasteiger partial charge is 0.447 e. The molecule has 3 rings (SSSR count). The summed E-state index contributed by atoms with van der Waals surface area (Å²) >= 11 is 0. The molecule has 0 aliphatic carbocycles. The number of carbonyl (C=O) groups excluding carboxylic acids is 1. The first-order valence-electron chi connectivity index (χ1n) is 7.17. The van der Waals surface area contributed by atoms with Crippen molar-refractivity contribution in [3.8, 4) is 0 Å². The second-order valence-electron chi connectivity index (χ2n) is 5.57. The lowest BCUT2D eigenvalue weighted by Gasteiger charge is -2.23. The number of amides is 1. The van der Waals surface area contributed by atoms with Gasteiger partial charge in [-0.3, -0.25) is 4.90 Å². The molecule has 2 heterocycles. The molecule has 5 nitrogen and oxygen atoms in total. The van der Waals surface area contributed by atoms with E-state index in [-0.39, 0.29) is 24.1 Å². The highest BCUT2D eigenvalue weighted by molar-refractivity contribution is 5.75. The van der Waals surface area contributed by atoms with Crippen molar-refractivity contribution >= 4 is 17.1 Å². The van der Waals surface area contributed by atoms with Gasteiger partial charge in [-0.2, -0.15) is 0 Å². The van der Waals surface area contributed by atoms with E-state index in [9.17, 15) is 9.18 Å². The number of H-pyrrole nitrogens is 1. The Balaban J connectivity index is 1.88. The molecule has 0 spiro atoms. The maximum absolute atomic E-state index is 13.2. The average molecular weight is 291 g/mol. The van der Waals surface area contributed by atoms with Crippen molar-refractivity contribution in [2.75, 3.05) is 6.54 Å². The molecule has 1 aromatic carbocycles. The van der Waals surface area contributed by atoms with Crippen molar-refractivity contribution in [1.82, 2.24) is 14.9 Å². The highest BCUT2D eigenvalue weighted by Gasteiger charge is 2.33. The van der Waals surface area contributed by atoms with Crippen molar-refractivity contribution in [3.05, 3.63) is 29.8 Å². The summed E-state index contributed by atoms with van der Waals surface area (Å²) in [6, 6.07) is 4.30. The lowest BCUT2D eigenvalue weighted by Crippen LogP contribution is -2.33. The number of benzene rings is 1. The van der Waals surface area contributed by atoms with Crippen LogP contribution < -0.4 is 0 Å². The van der Waals surface area contributed by atoms with Gasteiger partial charge >= 0.3 is 6.09 Å². The molecule has 1 fully saturated rings. The normalized spacial score (nSPS) is 18.7. The van der Waals surface area contributed by atoms with E-state index in [1.807, 2.05) is 13.8 Å². The van der Waals surface area contributed by atoms with E-state index in [2.05, 4.69) is 9.97 Å². The molecule has 21 heavy (non-hydrogen) atoms. The standard InChI is InChI=1S/C15H18FN3O2/c1-9(2)21-15(20)19-7-3-4-13(19)14-17-11-6-5-10(16)8-12(11)18-14/h5-6,8-9,13H,3-4,7H2,1-2H3,(H,17,18)/t13-/m1/s1. The summed E-state index contributed by atoms with van der Waals surface area (Å²) in [6.07, 6.45) is 1.27. The molecule has 0 bridgehead atoms. The zero-order chi connectivity index (χ0) is 15.0. The Morgan fingerprint density at radius 1 is 1.52 bits per heavy atom. The van der Waals surface area contributed by atoms with E-state index in [1.54, 1.807) is 11.0 Å². The van der Waals surface area contributed by atoms with E-state index in [0.29, 0.717) is 23.4 Å². The maximum atomic E-state index is 13.2. The highest BCUT2D eigenvalue weighted by atomic mass is 19.1. The van der Waals surface area contributed by atoms with Crippen molar-refractivity contribution in [1.29, 1.82) is 0 Å². The molecule has 1 atom stereocenters. The molecular formula is C15H18FN3O2. The van der Waals surface area contributed by atoms with Gasteiger partial charge in [0, 0.05) is 6.54 Å². The van der Waals surface area contributed by atoms with Gasteiger partial charge in [-0.25, -0.2) is 14.2 Å². The van der Waals surface area contributed by atoms with E-state index in [4.69, 9.17) is 4.74 Å². The summed E-state index contributed by atoms with van der Waals surface area (Å²) in [5, 5.41) is 0. The molecular weight excluding hydrogens is 273 g/mol. The molecule has 2 aromatic rings. The van der Waals surface area contributed by atoms with Crippen LogP contribution >= 0.6 is 0 Å². The average Bonchev–Trinajstić information content (AvgIpc) is 3.02. The minimum absolute atomic E-state index is 0.133. The second kappa shape index (κ2) is 5.35. The maximum Gasteiger partial charge on any atom is 0.410 e. The topological polar surface area (TPSA) is 58.2 Å². The van der Waals surface area contributed by atoms with Crippen molar-refractivity contribution in [3.63, 3.8) is 0 Å². The summed E-state index contributed by atoms with van der Waals surface area (Å²) in [5.74, 6) is 0.383. The third kappa shape index (κ3) is 2.70. The molecule has 0 unspecified atom stereocenters. The first kappa shape index (κ1) is 13.9. The fourth-order valence-corrected chi connectivity index (χ4v) is 2.70. The number of aromatic amines is 1. The molecule has 1 amide bonds. The van der Waals surface area contributed by atoms with Crippen LogP contribution in [0.15, 0.2) is 18.2 Å². The van der Waals surface area contributed by atoms with Gasteiger partial charge in [-0.05, 0) is 44.9 Å². The number of nitrogens with one attached hydrogen (secondary N) is 1. The van der Waals surface area contributed by atoms with Gasteiger partial charge in [0.1, 0.15) is 11.6 Å². The van der Waals surface area contributed by atoms with Gasteiger partial charge in [0.2, 0.25) is 0 Å². The smallest absolute Gasteiger partial charge is 0.410 e. The van der Waals surface area contributed by atoms with Crippen LogP contribution in [0.3, 0.4) is 0 Å². The zero-order valence-electron chi connectivity index (χ0n) is 12.1. The SMILES string of the molecule is CC(C)OC(=O)N1CCC[C@@H]1c1nc2ccc(F)cc2[nH]1. The van der Waals surface area contributed by atoms with Crippen LogP contribution in [0, 0.1) is 5.82 Å². The lowest BCUT2D eigenvalue weighted by molar-refractivity contribution is 0.0722. The zero-order valence-corrected chi connectivity index (χ0v) is 12.1. The van der Waals surface area contributed by atoms with Gasteiger partial charge in [0.05, 0.1) is 23.2 Å². The number of hydrogen-bond acceptors (Lipinski definition) is 3. The molecule has 1 aliphatic rings. The number of halogens is 1. The number of likely N-dealkylation sites (tertiary alicyclic amines) is 1. The van der Waals surface area contributed by atoms with E-state index in [1.165, 1.54) is 12.1 Å². The van der Waals surface area contributed by atoms with Crippen molar-refractivity contribution in [2.45, 2.75) is 38.8 Å². The van der Waals surface area contributed by atoms with Crippen LogP contribution in [0.1, 0.15) is 38.6 Å². The van der Waals surface area contributed by atoms with E-state index < -0.39 is 0 Å². The third-order valence-corrected chi connectivity index (χ3v) is 3.60. The van der Waals surface area contributed by atoms with Gasteiger partial charge < -0.3 is 9.72 Å². The molecule has 6 heteroatoms. The number of rotatable bonds is 2. The molecule has 1 aliphatic heterocycles.